The summed E-state index contributed by atoms with van der Waals surface area (Å²) in [5, 5.41) is 8.55. The van der Waals surface area contributed by atoms with Crippen LogP contribution in [0.3, 0.4) is 0 Å². The molecule has 0 amide bonds. The Morgan fingerprint density at radius 1 is 1.15 bits per heavy atom. The van der Waals surface area contributed by atoms with Crippen molar-refractivity contribution in [2.75, 3.05) is 26.2 Å². The van der Waals surface area contributed by atoms with Crippen molar-refractivity contribution in [1.82, 2.24) is 24.9 Å². The van der Waals surface area contributed by atoms with Crippen molar-refractivity contribution >= 4 is 17.3 Å². The molecule has 2 heterocycles. The second-order valence-electron chi connectivity index (χ2n) is 6.82. The molecule has 1 aromatic heterocycles. The van der Waals surface area contributed by atoms with Crippen molar-refractivity contribution < 1.29 is 4.39 Å². The van der Waals surface area contributed by atoms with Crippen molar-refractivity contribution in [2.24, 2.45) is 7.05 Å². The third-order valence-electron chi connectivity index (χ3n) is 5.06. The molecule has 1 fully saturated rings. The van der Waals surface area contributed by atoms with E-state index in [2.05, 4.69) is 34.1 Å². The molecule has 0 bridgehead atoms. The first-order chi connectivity index (χ1) is 12.4. The fourth-order valence-corrected chi connectivity index (χ4v) is 3.53. The summed E-state index contributed by atoms with van der Waals surface area (Å²) < 4.78 is 14.9. The van der Waals surface area contributed by atoms with Gasteiger partial charge in [0.25, 0.3) is 0 Å². The van der Waals surface area contributed by atoms with Crippen LogP contribution < -0.4 is 5.32 Å². The molecule has 1 saturated heterocycles. The minimum absolute atomic E-state index is 0.216. The molecule has 0 atom stereocenters. The lowest BCUT2D eigenvalue weighted by molar-refractivity contribution is 0.174. The number of nitrogens with zero attached hydrogens (tertiary/aromatic N) is 4. The van der Waals surface area contributed by atoms with Crippen LogP contribution in [-0.4, -0.2) is 50.9 Å². The van der Waals surface area contributed by atoms with Gasteiger partial charge in [0, 0.05) is 57.6 Å². The van der Waals surface area contributed by atoms with E-state index in [4.69, 9.17) is 12.2 Å². The minimum Gasteiger partial charge on any atom is -0.358 e. The molecular weight excluding hydrogens is 349 g/mol. The summed E-state index contributed by atoms with van der Waals surface area (Å²) in [6, 6.07) is 6.51. The summed E-state index contributed by atoms with van der Waals surface area (Å²) >= 11 is 5.52. The highest BCUT2D eigenvalue weighted by atomic mass is 32.1. The zero-order chi connectivity index (χ0) is 18.7. The molecule has 26 heavy (non-hydrogen) atoms. The van der Waals surface area contributed by atoms with Crippen LogP contribution in [0.25, 0.3) is 0 Å². The molecule has 1 aliphatic rings. The molecule has 1 N–H and O–H groups in total. The Morgan fingerprint density at radius 2 is 1.81 bits per heavy atom. The lowest BCUT2D eigenvalue weighted by Gasteiger charge is -2.36. The van der Waals surface area contributed by atoms with Crippen LogP contribution in [0.4, 0.5) is 4.39 Å². The third kappa shape index (κ3) is 4.40. The number of rotatable bonds is 4. The Hall–Kier alpha value is -1.99. The number of halogens is 1. The number of benzene rings is 1. The summed E-state index contributed by atoms with van der Waals surface area (Å²) in [4.78, 5) is 4.66. The van der Waals surface area contributed by atoms with E-state index in [0.717, 1.165) is 49.1 Å². The van der Waals surface area contributed by atoms with Gasteiger partial charge in [0.15, 0.2) is 5.11 Å². The summed E-state index contributed by atoms with van der Waals surface area (Å²) in [7, 11) is 2.00. The molecule has 1 aliphatic heterocycles. The van der Waals surface area contributed by atoms with Crippen LogP contribution >= 0.6 is 12.2 Å². The van der Waals surface area contributed by atoms with E-state index in [-0.39, 0.29) is 5.82 Å². The number of thiocarbonyl (C=S) groups is 1. The monoisotopic (exact) mass is 375 g/mol. The van der Waals surface area contributed by atoms with Crippen molar-refractivity contribution in [3.05, 3.63) is 52.6 Å². The molecule has 2 aromatic rings. The van der Waals surface area contributed by atoms with Crippen LogP contribution in [0.5, 0.6) is 0 Å². The Kier molecular flexibility index (Phi) is 5.88. The number of piperazine rings is 1. The summed E-state index contributed by atoms with van der Waals surface area (Å²) in [6.45, 7) is 9.54. The largest absolute Gasteiger partial charge is 0.358 e. The molecule has 0 radical (unpaired) electrons. The fraction of sp³-hybridized carbons (Fsp3) is 0.474. The highest BCUT2D eigenvalue weighted by Crippen LogP contribution is 2.16. The quantitative estimate of drug-likeness (QED) is 0.831. The van der Waals surface area contributed by atoms with Gasteiger partial charge in [-0.15, -0.1) is 0 Å². The number of nitrogens with one attached hydrogen (secondary N) is 1. The zero-order valence-corrected chi connectivity index (χ0v) is 16.4. The van der Waals surface area contributed by atoms with Gasteiger partial charge in [-0.3, -0.25) is 9.58 Å². The molecule has 1 aromatic carbocycles. The van der Waals surface area contributed by atoms with Crippen LogP contribution in [0.15, 0.2) is 24.3 Å². The van der Waals surface area contributed by atoms with Gasteiger partial charge >= 0.3 is 0 Å². The Labute approximate surface area is 159 Å². The maximum Gasteiger partial charge on any atom is 0.169 e. The summed E-state index contributed by atoms with van der Waals surface area (Å²) in [6.07, 6.45) is 0. The maximum atomic E-state index is 13.0. The summed E-state index contributed by atoms with van der Waals surface area (Å²) in [5.74, 6) is -0.216. The molecular formula is C19H26FN5S. The standard InChI is InChI=1S/C19H26FN5S/c1-14-18(15(2)23(3)22-14)13-24-8-10-25(11-9-24)19(26)21-12-16-4-6-17(20)7-5-16/h4-7H,8-13H2,1-3H3,(H,21,26). The first-order valence-electron chi connectivity index (χ1n) is 8.92. The highest BCUT2D eigenvalue weighted by molar-refractivity contribution is 7.80. The second-order valence-corrected chi connectivity index (χ2v) is 7.21. The topological polar surface area (TPSA) is 36.3 Å². The van der Waals surface area contributed by atoms with Gasteiger partial charge in [0.2, 0.25) is 0 Å². The van der Waals surface area contributed by atoms with Crippen molar-refractivity contribution in [2.45, 2.75) is 26.9 Å². The van der Waals surface area contributed by atoms with E-state index in [9.17, 15) is 4.39 Å². The van der Waals surface area contributed by atoms with E-state index in [1.54, 1.807) is 12.1 Å². The van der Waals surface area contributed by atoms with Crippen molar-refractivity contribution in [3.63, 3.8) is 0 Å². The van der Waals surface area contributed by atoms with E-state index in [1.165, 1.54) is 23.4 Å². The van der Waals surface area contributed by atoms with Crippen LogP contribution in [0, 0.1) is 19.7 Å². The highest BCUT2D eigenvalue weighted by Gasteiger charge is 2.21. The molecule has 0 unspecified atom stereocenters. The van der Waals surface area contributed by atoms with Gasteiger partial charge in [-0.2, -0.15) is 5.10 Å². The number of aromatic nitrogens is 2. The number of hydrogen-bond acceptors (Lipinski definition) is 3. The number of hydrogen-bond donors (Lipinski definition) is 1. The third-order valence-corrected chi connectivity index (χ3v) is 5.46. The average molecular weight is 376 g/mol. The van der Waals surface area contributed by atoms with Gasteiger partial charge < -0.3 is 10.2 Å². The zero-order valence-electron chi connectivity index (χ0n) is 15.6. The van der Waals surface area contributed by atoms with Gasteiger partial charge in [-0.05, 0) is 43.8 Å². The van der Waals surface area contributed by atoms with E-state index >= 15 is 0 Å². The van der Waals surface area contributed by atoms with Crippen LogP contribution in [-0.2, 0) is 20.1 Å². The van der Waals surface area contributed by atoms with E-state index in [0.29, 0.717) is 6.54 Å². The van der Waals surface area contributed by atoms with Crippen LogP contribution in [0.2, 0.25) is 0 Å². The molecule has 5 nitrogen and oxygen atoms in total. The lowest BCUT2D eigenvalue weighted by atomic mass is 10.1. The number of aryl methyl sites for hydroxylation is 2. The maximum absolute atomic E-state index is 13.0. The van der Waals surface area contributed by atoms with Crippen LogP contribution in [0.1, 0.15) is 22.5 Å². The molecule has 0 aliphatic carbocycles. The smallest absolute Gasteiger partial charge is 0.169 e. The van der Waals surface area contributed by atoms with Gasteiger partial charge in [0.1, 0.15) is 5.82 Å². The minimum atomic E-state index is -0.216. The van der Waals surface area contributed by atoms with Gasteiger partial charge in [0.05, 0.1) is 5.69 Å². The second kappa shape index (κ2) is 8.14. The molecule has 7 heteroatoms. The molecule has 3 rings (SSSR count). The average Bonchev–Trinajstić information content (AvgIpc) is 2.88. The fourth-order valence-electron chi connectivity index (χ4n) is 3.27. The first kappa shape index (κ1) is 18.8. The first-order valence-corrected chi connectivity index (χ1v) is 9.33. The predicted molar refractivity (Wildman–Crippen MR) is 105 cm³/mol. The van der Waals surface area contributed by atoms with E-state index in [1.807, 2.05) is 11.7 Å². The summed E-state index contributed by atoms with van der Waals surface area (Å²) in [5.41, 5.74) is 4.71. The molecule has 0 saturated carbocycles. The normalized spacial score (nSPS) is 15.3. The predicted octanol–water partition coefficient (Wildman–Crippen LogP) is 2.37. The van der Waals surface area contributed by atoms with Crippen molar-refractivity contribution in [3.8, 4) is 0 Å². The lowest BCUT2D eigenvalue weighted by Crippen LogP contribution is -2.51. The van der Waals surface area contributed by atoms with E-state index < -0.39 is 0 Å². The SMILES string of the molecule is Cc1nn(C)c(C)c1CN1CCN(C(=S)NCc2ccc(F)cc2)CC1. The molecule has 140 valence electrons. The van der Waals surface area contributed by atoms with Gasteiger partial charge in [-0.1, -0.05) is 12.1 Å². The Bertz CT molecular complexity index is 763. The Morgan fingerprint density at radius 3 is 2.38 bits per heavy atom. The van der Waals surface area contributed by atoms with Crippen molar-refractivity contribution in [1.29, 1.82) is 0 Å². The molecule has 0 spiro atoms. The van der Waals surface area contributed by atoms with Gasteiger partial charge in [-0.25, -0.2) is 4.39 Å². The Balaban J connectivity index is 1.47.